The lowest BCUT2D eigenvalue weighted by atomic mass is 10.2. The summed E-state index contributed by atoms with van der Waals surface area (Å²) in [7, 11) is 0. The van der Waals surface area contributed by atoms with Crippen molar-refractivity contribution in [3.63, 3.8) is 0 Å². The third-order valence-electron chi connectivity index (χ3n) is 3.51. The van der Waals surface area contributed by atoms with Crippen molar-refractivity contribution in [3.8, 4) is 0 Å². The minimum Gasteiger partial charge on any atom is -0.340 e. The van der Waals surface area contributed by atoms with Crippen LogP contribution in [0.15, 0.2) is 24.3 Å². The Labute approximate surface area is 140 Å². The Morgan fingerprint density at radius 3 is 2.61 bits per heavy atom. The van der Waals surface area contributed by atoms with E-state index in [1.807, 2.05) is 4.90 Å². The Morgan fingerprint density at radius 2 is 1.91 bits per heavy atom. The van der Waals surface area contributed by atoms with Gasteiger partial charge in [-0.3, -0.25) is 9.59 Å². The maximum Gasteiger partial charge on any atom is 0.234 e. The van der Waals surface area contributed by atoms with Gasteiger partial charge in [0, 0.05) is 38.3 Å². The van der Waals surface area contributed by atoms with Gasteiger partial charge in [-0.25, -0.2) is 4.39 Å². The van der Waals surface area contributed by atoms with E-state index in [0.29, 0.717) is 17.9 Å². The zero-order valence-corrected chi connectivity index (χ0v) is 13.8. The highest BCUT2D eigenvalue weighted by Crippen LogP contribution is 2.11. The molecule has 0 radical (unpaired) electrons. The van der Waals surface area contributed by atoms with Gasteiger partial charge in [-0.2, -0.15) is 11.8 Å². The number of carbonyl (C=O) groups excluding carboxylic acids is 2. The second kappa shape index (κ2) is 9.52. The first-order chi connectivity index (χ1) is 11.1. The average molecular weight is 339 g/mol. The van der Waals surface area contributed by atoms with Gasteiger partial charge in [0.1, 0.15) is 5.82 Å². The van der Waals surface area contributed by atoms with Gasteiger partial charge in [0.15, 0.2) is 0 Å². The summed E-state index contributed by atoms with van der Waals surface area (Å²) in [6.07, 6.45) is 1.31. The fourth-order valence-corrected chi connectivity index (χ4v) is 3.04. The van der Waals surface area contributed by atoms with Crippen molar-refractivity contribution in [2.75, 3.05) is 43.0 Å². The van der Waals surface area contributed by atoms with Crippen LogP contribution in [-0.4, -0.2) is 54.4 Å². The first kappa shape index (κ1) is 17.7. The molecule has 1 aromatic carbocycles. The van der Waals surface area contributed by atoms with Gasteiger partial charge < -0.3 is 15.5 Å². The minimum absolute atomic E-state index is 0.116. The zero-order chi connectivity index (χ0) is 16.5. The molecule has 1 fully saturated rings. The molecule has 2 rings (SSSR count). The summed E-state index contributed by atoms with van der Waals surface area (Å²) in [5, 5.41) is 5.93. The Hall–Kier alpha value is -1.60. The quantitative estimate of drug-likeness (QED) is 0.743. The molecular weight excluding hydrogens is 317 g/mol. The highest BCUT2D eigenvalue weighted by atomic mass is 32.2. The van der Waals surface area contributed by atoms with E-state index in [2.05, 4.69) is 10.6 Å². The summed E-state index contributed by atoms with van der Waals surface area (Å²) in [6, 6.07) is 5.68. The summed E-state index contributed by atoms with van der Waals surface area (Å²) in [4.78, 5) is 25.6. The van der Waals surface area contributed by atoms with Crippen molar-refractivity contribution in [1.82, 2.24) is 10.2 Å². The minimum atomic E-state index is -0.327. The molecule has 5 nitrogen and oxygen atoms in total. The molecule has 0 aromatic heterocycles. The summed E-state index contributed by atoms with van der Waals surface area (Å²) in [5.41, 5.74) is 0.589. The second-order valence-electron chi connectivity index (χ2n) is 5.34. The van der Waals surface area contributed by atoms with E-state index in [4.69, 9.17) is 0 Å². The van der Waals surface area contributed by atoms with E-state index in [1.54, 1.807) is 0 Å². The van der Waals surface area contributed by atoms with E-state index >= 15 is 0 Å². The first-order valence-corrected chi connectivity index (χ1v) is 8.92. The number of rotatable bonds is 7. The molecule has 1 heterocycles. The maximum absolute atomic E-state index is 12.8. The zero-order valence-electron chi connectivity index (χ0n) is 13.0. The number of hydrogen-bond acceptors (Lipinski definition) is 4. The fourth-order valence-electron chi connectivity index (χ4n) is 2.29. The average Bonchev–Trinajstić information content (AvgIpc) is 2.57. The summed E-state index contributed by atoms with van der Waals surface area (Å²) < 4.78 is 12.8. The normalized spacial score (nSPS) is 14.6. The first-order valence-electron chi connectivity index (χ1n) is 7.77. The predicted molar refractivity (Wildman–Crippen MR) is 91.0 cm³/mol. The molecule has 1 saturated heterocycles. The molecule has 23 heavy (non-hydrogen) atoms. The Bertz CT molecular complexity index is 519. The monoisotopic (exact) mass is 339 g/mol. The number of piperazine rings is 1. The number of halogens is 1. The Kier molecular flexibility index (Phi) is 7.35. The van der Waals surface area contributed by atoms with Crippen LogP contribution in [0.4, 0.5) is 10.1 Å². The highest BCUT2D eigenvalue weighted by Gasteiger charge is 2.15. The number of thioether (sulfide) groups is 1. The predicted octanol–water partition coefficient (Wildman–Crippen LogP) is 1.71. The van der Waals surface area contributed by atoms with Crippen LogP contribution in [0.2, 0.25) is 0 Å². The molecule has 7 heteroatoms. The van der Waals surface area contributed by atoms with Crippen molar-refractivity contribution in [1.29, 1.82) is 0 Å². The van der Waals surface area contributed by atoms with Gasteiger partial charge >= 0.3 is 0 Å². The fraction of sp³-hybridized carbons (Fsp3) is 0.500. The molecular formula is C16H22FN3O2S. The molecule has 0 spiro atoms. The molecule has 0 aliphatic carbocycles. The Balaban J connectivity index is 1.55. The number of nitrogens with zero attached hydrogens (tertiary/aromatic N) is 1. The van der Waals surface area contributed by atoms with Crippen molar-refractivity contribution >= 4 is 29.3 Å². The van der Waals surface area contributed by atoms with Crippen molar-refractivity contribution in [2.45, 2.75) is 12.8 Å². The molecule has 0 unspecified atom stereocenters. The van der Waals surface area contributed by atoms with Crippen molar-refractivity contribution in [2.24, 2.45) is 0 Å². The molecule has 126 valence electrons. The maximum atomic E-state index is 12.8. The Morgan fingerprint density at radius 1 is 1.22 bits per heavy atom. The van der Waals surface area contributed by atoms with E-state index in [9.17, 15) is 14.0 Å². The van der Waals surface area contributed by atoms with Crippen LogP contribution in [0, 0.1) is 5.82 Å². The molecule has 1 aliphatic rings. The standard InChI is InChI=1S/C16H22FN3O2S/c17-13-3-5-14(6-4-13)19-15(21)12-23-11-1-2-16(22)20-9-7-18-8-10-20/h3-6,18H,1-2,7-12H2,(H,19,21). The van der Waals surface area contributed by atoms with Crippen LogP contribution in [0.1, 0.15) is 12.8 Å². The second-order valence-corrected chi connectivity index (χ2v) is 6.45. The number of anilines is 1. The third-order valence-corrected chi connectivity index (χ3v) is 4.55. The third kappa shape index (κ3) is 6.58. The lowest BCUT2D eigenvalue weighted by Gasteiger charge is -2.27. The SMILES string of the molecule is O=C(CSCCCC(=O)N1CCNCC1)Nc1ccc(F)cc1. The van der Waals surface area contributed by atoms with Gasteiger partial charge in [-0.15, -0.1) is 0 Å². The number of carbonyl (C=O) groups is 2. The molecule has 0 atom stereocenters. The van der Waals surface area contributed by atoms with Crippen LogP contribution in [-0.2, 0) is 9.59 Å². The lowest BCUT2D eigenvalue weighted by Crippen LogP contribution is -2.46. The topological polar surface area (TPSA) is 61.4 Å². The van der Waals surface area contributed by atoms with Crippen LogP contribution in [0.5, 0.6) is 0 Å². The van der Waals surface area contributed by atoms with Gasteiger partial charge in [0.2, 0.25) is 11.8 Å². The molecule has 1 aliphatic heterocycles. The van der Waals surface area contributed by atoms with Gasteiger partial charge in [0.25, 0.3) is 0 Å². The van der Waals surface area contributed by atoms with Crippen molar-refractivity contribution < 1.29 is 14.0 Å². The molecule has 0 bridgehead atoms. The van der Waals surface area contributed by atoms with Gasteiger partial charge in [0.05, 0.1) is 5.75 Å². The summed E-state index contributed by atoms with van der Waals surface area (Å²) in [6.45, 7) is 3.30. The largest absolute Gasteiger partial charge is 0.340 e. The number of hydrogen-bond donors (Lipinski definition) is 2. The van der Waals surface area contributed by atoms with E-state index in [0.717, 1.165) is 38.4 Å². The molecule has 1 aromatic rings. The van der Waals surface area contributed by atoms with E-state index in [1.165, 1.54) is 36.0 Å². The summed E-state index contributed by atoms with van der Waals surface area (Å²) in [5.74, 6) is 0.859. The van der Waals surface area contributed by atoms with E-state index < -0.39 is 0 Å². The van der Waals surface area contributed by atoms with E-state index in [-0.39, 0.29) is 17.6 Å². The molecule has 0 saturated carbocycles. The van der Waals surface area contributed by atoms with Crippen LogP contribution in [0.25, 0.3) is 0 Å². The number of nitrogens with one attached hydrogen (secondary N) is 2. The molecule has 2 amide bonds. The lowest BCUT2D eigenvalue weighted by molar-refractivity contribution is -0.131. The van der Waals surface area contributed by atoms with Crippen molar-refractivity contribution in [3.05, 3.63) is 30.1 Å². The molecule has 2 N–H and O–H groups in total. The number of amides is 2. The van der Waals surface area contributed by atoms with Gasteiger partial charge in [-0.05, 0) is 36.4 Å². The van der Waals surface area contributed by atoms with Crippen LogP contribution in [0.3, 0.4) is 0 Å². The smallest absolute Gasteiger partial charge is 0.234 e. The van der Waals surface area contributed by atoms with Crippen LogP contribution < -0.4 is 10.6 Å². The summed E-state index contributed by atoms with van der Waals surface area (Å²) >= 11 is 1.50. The van der Waals surface area contributed by atoms with Gasteiger partial charge in [-0.1, -0.05) is 0 Å². The van der Waals surface area contributed by atoms with Crippen LogP contribution >= 0.6 is 11.8 Å². The highest BCUT2D eigenvalue weighted by molar-refractivity contribution is 7.99. The number of benzene rings is 1.